The molecule has 1 aliphatic rings. The minimum atomic E-state index is 0.477. The molecule has 1 aliphatic carbocycles. The number of fused-ring (bicyclic) bond motifs is 5. The summed E-state index contributed by atoms with van der Waals surface area (Å²) in [5.41, 5.74) is 5.49. The maximum Gasteiger partial charge on any atom is 0.126 e. The molecule has 0 saturated heterocycles. The molecule has 0 atom stereocenters. The van der Waals surface area contributed by atoms with Crippen molar-refractivity contribution in [3.63, 3.8) is 0 Å². The molecular weight excluding hydrogens is 370 g/mol. The second kappa shape index (κ2) is 8.44. The maximum absolute atomic E-state index is 5.13. The Kier molecular flexibility index (Phi) is 5.98. The molecular formula is C22H29N3S2. The minimum absolute atomic E-state index is 0.477. The van der Waals surface area contributed by atoms with Crippen molar-refractivity contribution in [2.24, 2.45) is 0 Å². The quantitative estimate of drug-likeness (QED) is 0.246. The van der Waals surface area contributed by atoms with E-state index < -0.39 is 0 Å². The molecule has 0 aliphatic heterocycles. The van der Waals surface area contributed by atoms with Crippen LogP contribution in [-0.2, 0) is 12.8 Å². The average molecular weight is 400 g/mol. The van der Waals surface area contributed by atoms with Crippen molar-refractivity contribution in [3.8, 4) is 0 Å². The van der Waals surface area contributed by atoms with Gasteiger partial charge in [0.2, 0.25) is 0 Å². The summed E-state index contributed by atoms with van der Waals surface area (Å²) in [7, 11) is 0. The molecule has 0 spiro atoms. The second-order valence-electron chi connectivity index (χ2n) is 7.86. The van der Waals surface area contributed by atoms with Crippen LogP contribution in [0.4, 0.5) is 0 Å². The van der Waals surface area contributed by atoms with Gasteiger partial charge in [-0.15, -0.1) is 23.1 Å². The lowest BCUT2D eigenvalue weighted by Crippen LogP contribution is -2.10. The van der Waals surface area contributed by atoms with Gasteiger partial charge in [0.15, 0.2) is 0 Å². The van der Waals surface area contributed by atoms with Crippen molar-refractivity contribution in [2.75, 3.05) is 5.75 Å². The normalized spacial score (nSPS) is 14.4. The summed E-state index contributed by atoms with van der Waals surface area (Å²) in [5, 5.41) is 2.47. The first-order valence-electron chi connectivity index (χ1n) is 10.4. The Labute approximate surface area is 170 Å². The van der Waals surface area contributed by atoms with Crippen molar-refractivity contribution in [2.45, 2.75) is 83.1 Å². The predicted molar refractivity (Wildman–Crippen MR) is 118 cm³/mol. The zero-order valence-corrected chi connectivity index (χ0v) is 18.3. The zero-order chi connectivity index (χ0) is 18.8. The van der Waals surface area contributed by atoms with E-state index in [1.807, 2.05) is 11.8 Å². The van der Waals surface area contributed by atoms with Crippen molar-refractivity contribution in [3.05, 3.63) is 23.1 Å². The first kappa shape index (κ1) is 19.1. The molecule has 0 saturated carbocycles. The zero-order valence-electron chi connectivity index (χ0n) is 16.7. The Balaban J connectivity index is 1.78. The summed E-state index contributed by atoms with van der Waals surface area (Å²) >= 11 is 3.70. The van der Waals surface area contributed by atoms with E-state index in [-0.39, 0.29) is 0 Å². The molecule has 0 N–H and O–H groups in total. The van der Waals surface area contributed by atoms with Gasteiger partial charge >= 0.3 is 0 Å². The minimum Gasteiger partial charge on any atom is -0.241 e. The van der Waals surface area contributed by atoms with Crippen LogP contribution in [0.5, 0.6) is 0 Å². The first-order valence-corrected chi connectivity index (χ1v) is 12.2. The number of thioether (sulfide) groups is 1. The van der Waals surface area contributed by atoms with Gasteiger partial charge in [-0.3, -0.25) is 0 Å². The summed E-state index contributed by atoms with van der Waals surface area (Å²) in [5.74, 6) is 1.62. The van der Waals surface area contributed by atoms with Crippen molar-refractivity contribution >= 4 is 43.5 Å². The van der Waals surface area contributed by atoms with Gasteiger partial charge in [0.05, 0.1) is 10.2 Å². The van der Waals surface area contributed by atoms with Gasteiger partial charge < -0.3 is 0 Å². The number of pyridine rings is 1. The lowest BCUT2D eigenvalue weighted by Gasteiger charge is -2.21. The highest BCUT2D eigenvalue weighted by Gasteiger charge is 2.24. The van der Waals surface area contributed by atoms with E-state index in [4.69, 9.17) is 9.97 Å². The molecule has 0 aromatic carbocycles. The van der Waals surface area contributed by atoms with Crippen LogP contribution in [0.3, 0.4) is 0 Å². The standard InChI is InChI=1S/C22H29N3S2/c1-4-5-6-9-12-26-22-20-19(23-13-24-22)17-15-10-7-8-11-16(15)18(14(2)3)25-21(17)27-20/h13-14H,4-12H2,1-3H3. The molecule has 3 nitrogen and oxygen atoms in total. The monoisotopic (exact) mass is 399 g/mol. The molecule has 0 amide bonds. The van der Waals surface area contributed by atoms with Crippen LogP contribution < -0.4 is 0 Å². The molecule has 4 rings (SSSR count). The molecule has 3 heterocycles. The summed E-state index contributed by atoms with van der Waals surface area (Å²) in [6, 6.07) is 0. The van der Waals surface area contributed by atoms with E-state index in [0.717, 1.165) is 16.3 Å². The van der Waals surface area contributed by atoms with Gasteiger partial charge in [0.25, 0.3) is 0 Å². The SMILES string of the molecule is CCCCCCSc1ncnc2c1sc1nc(C(C)C)c3c(c12)CCCC3. The van der Waals surface area contributed by atoms with E-state index in [2.05, 4.69) is 25.8 Å². The fourth-order valence-electron chi connectivity index (χ4n) is 4.15. The summed E-state index contributed by atoms with van der Waals surface area (Å²) < 4.78 is 1.24. The molecule has 27 heavy (non-hydrogen) atoms. The summed E-state index contributed by atoms with van der Waals surface area (Å²) in [4.78, 5) is 15.6. The van der Waals surface area contributed by atoms with Crippen LogP contribution in [0.1, 0.15) is 82.0 Å². The molecule has 3 aromatic heterocycles. The molecule has 5 heteroatoms. The van der Waals surface area contributed by atoms with E-state index >= 15 is 0 Å². The second-order valence-corrected chi connectivity index (χ2v) is 9.95. The number of hydrogen-bond donors (Lipinski definition) is 0. The van der Waals surface area contributed by atoms with E-state index in [9.17, 15) is 0 Å². The highest BCUT2D eigenvalue weighted by Crippen LogP contribution is 2.42. The third-order valence-corrected chi connectivity index (χ3v) is 7.79. The maximum atomic E-state index is 5.13. The molecule has 0 fully saturated rings. The third kappa shape index (κ3) is 3.73. The number of aryl methyl sites for hydroxylation is 1. The largest absolute Gasteiger partial charge is 0.241 e. The van der Waals surface area contributed by atoms with Crippen molar-refractivity contribution in [1.29, 1.82) is 0 Å². The van der Waals surface area contributed by atoms with Crippen LogP contribution >= 0.6 is 23.1 Å². The predicted octanol–water partition coefficient (Wildman–Crippen LogP) is 6.91. The van der Waals surface area contributed by atoms with Crippen LogP contribution in [0.25, 0.3) is 20.4 Å². The molecule has 3 aromatic rings. The number of nitrogens with zero attached hydrogens (tertiary/aromatic N) is 3. The molecule has 144 valence electrons. The van der Waals surface area contributed by atoms with Crippen LogP contribution in [0.15, 0.2) is 11.4 Å². The fraction of sp³-hybridized carbons (Fsp3) is 0.591. The molecule has 0 bridgehead atoms. The number of unbranched alkanes of at least 4 members (excludes halogenated alkanes) is 3. The van der Waals surface area contributed by atoms with Gasteiger partial charge in [-0.2, -0.15) is 0 Å². The van der Waals surface area contributed by atoms with E-state index in [0.29, 0.717) is 5.92 Å². The van der Waals surface area contributed by atoms with Crippen LogP contribution in [0.2, 0.25) is 0 Å². The lowest BCUT2D eigenvalue weighted by atomic mass is 9.86. The van der Waals surface area contributed by atoms with Crippen LogP contribution in [-0.4, -0.2) is 20.7 Å². The number of hydrogen-bond acceptors (Lipinski definition) is 5. The fourth-order valence-corrected chi connectivity index (χ4v) is 6.39. The third-order valence-electron chi connectivity index (χ3n) is 5.50. The number of aromatic nitrogens is 3. The molecule has 0 unspecified atom stereocenters. The Morgan fingerprint density at radius 3 is 2.67 bits per heavy atom. The smallest absolute Gasteiger partial charge is 0.126 e. The van der Waals surface area contributed by atoms with E-state index in [1.165, 1.54) is 83.1 Å². The van der Waals surface area contributed by atoms with Gasteiger partial charge in [-0.1, -0.05) is 40.0 Å². The van der Waals surface area contributed by atoms with Crippen LogP contribution in [0, 0.1) is 0 Å². The Morgan fingerprint density at radius 2 is 1.89 bits per heavy atom. The summed E-state index contributed by atoms with van der Waals surface area (Å²) in [6.45, 7) is 6.80. The Bertz CT molecular complexity index is 946. The van der Waals surface area contributed by atoms with Gasteiger partial charge in [0, 0.05) is 11.1 Å². The van der Waals surface area contributed by atoms with E-state index in [1.54, 1.807) is 17.7 Å². The first-order chi connectivity index (χ1) is 13.2. The topological polar surface area (TPSA) is 38.7 Å². The average Bonchev–Trinajstić information content (AvgIpc) is 3.06. The summed E-state index contributed by atoms with van der Waals surface area (Å²) in [6.07, 6.45) is 11.9. The Morgan fingerprint density at radius 1 is 1.07 bits per heavy atom. The lowest BCUT2D eigenvalue weighted by molar-refractivity contribution is 0.667. The van der Waals surface area contributed by atoms with Gasteiger partial charge in [0.1, 0.15) is 16.2 Å². The molecule has 0 radical (unpaired) electrons. The number of thiophene rings is 1. The highest BCUT2D eigenvalue weighted by atomic mass is 32.2. The highest BCUT2D eigenvalue weighted by molar-refractivity contribution is 7.99. The van der Waals surface area contributed by atoms with Crippen molar-refractivity contribution in [1.82, 2.24) is 15.0 Å². The Hall–Kier alpha value is -1.20. The number of rotatable bonds is 7. The van der Waals surface area contributed by atoms with Crippen molar-refractivity contribution < 1.29 is 0 Å². The van der Waals surface area contributed by atoms with Gasteiger partial charge in [-0.25, -0.2) is 15.0 Å². The van der Waals surface area contributed by atoms with Gasteiger partial charge in [-0.05, 0) is 54.9 Å².